The van der Waals surface area contributed by atoms with E-state index in [1.165, 1.54) is 11.2 Å². The smallest absolute Gasteiger partial charge is 0.419 e. The summed E-state index contributed by atoms with van der Waals surface area (Å²) in [6.45, 7) is 10.0. The first-order valence-electron chi connectivity index (χ1n) is 10.2. The van der Waals surface area contributed by atoms with E-state index in [0.29, 0.717) is 0 Å². The number of aliphatic hydroxyl groups is 1. The van der Waals surface area contributed by atoms with Gasteiger partial charge in [-0.15, -0.1) is 0 Å². The van der Waals surface area contributed by atoms with Crippen LogP contribution in [-0.4, -0.2) is 54.1 Å². The molecule has 1 N–H and O–H groups in total. The van der Waals surface area contributed by atoms with Crippen LogP contribution in [0.15, 0.2) is 24.0 Å². The summed E-state index contributed by atoms with van der Waals surface area (Å²) in [6.07, 6.45) is 9.41. The maximum Gasteiger partial charge on any atom is 0.469 e. The van der Waals surface area contributed by atoms with Crippen molar-refractivity contribution in [3.05, 3.63) is 24.0 Å². The van der Waals surface area contributed by atoms with Crippen LogP contribution in [0.2, 0.25) is 5.82 Å². The maximum absolute atomic E-state index is 11.7. The van der Waals surface area contributed by atoms with E-state index in [9.17, 15) is 9.90 Å². The molecule has 1 saturated carbocycles. The molecule has 2 rings (SSSR count). The van der Waals surface area contributed by atoms with Gasteiger partial charge in [-0.05, 0) is 53.5 Å². The third-order valence-electron chi connectivity index (χ3n) is 6.13. The van der Waals surface area contributed by atoms with E-state index in [0.717, 1.165) is 37.7 Å². The number of carbonyl (C=O) groups excluding carboxylic acids is 1. The largest absolute Gasteiger partial charge is 0.469 e. The van der Waals surface area contributed by atoms with Crippen molar-refractivity contribution in [2.75, 3.05) is 14.1 Å². The highest BCUT2D eigenvalue weighted by Gasteiger charge is 2.53. The van der Waals surface area contributed by atoms with Crippen LogP contribution in [-0.2, 0) is 14.0 Å². The zero-order valence-corrected chi connectivity index (χ0v) is 18.4. The van der Waals surface area contributed by atoms with Crippen LogP contribution in [0.5, 0.6) is 0 Å². The Hall–Kier alpha value is -1.31. The Balaban J connectivity index is 2.26. The Morgan fingerprint density at radius 3 is 2.14 bits per heavy atom. The zero-order valence-electron chi connectivity index (χ0n) is 18.4. The number of hydrogen-bond donors (Lipinski definition) is 1. The molecule has 0 aromatic rings. The molecule has 1 aliphatic heterocycles. The first-order valence-corrected chi connectivity index (χ1v) is 10.2. The lowest BCUT2D eigenvalue weighted by Crippen LogP contribution is -2.41. The number of rotatable bonds is 5. The van der Waals surface area contributed by atoms with Gasteiger partial charge in [-0.1, -0.05) is 30.9 Å². The highest BCUT2D eigenvalue weighted by atomic mass is 16.7. The van der Waals surface area contributed by atoms with Crippen molar-refractivity contribution >= 4 is 13.2 Å². The lowest BCUT2D eigenvalue weighted by molar-refractivity contribution is 0.00578. The van der Waals surface area contributed by atoms with Crippen LogP contribution in [0.25, 0.3) is 0 Å². The minimum Gasteiger partial charge on any atom is -0.419 e. The molecule has 0 spiro atoms. The van der Waals surface area contributed by atoms with Crippen LogP contribution >= 0.6 is 0 Å². The van der Waals surface area contributed by atoms with Crippen molar-refractivity contribution in [3.63, 3.8) is 0 Å². The first-order chi connectivity index (χ1) is 12.9. The van der Waals surface area contributed by atoms with E-state index >= 15 is 0 Å². The molecule has 2 fully saturated rings. The maximum atomic E-state index is 11.7. The van der Waals surface area contributed by atoms with Gasteiger partial charge in [-0.2, -0.15) is 0 Å². The molecule has 158 valence electrons. The third-order valence-corrected chi connectivity index (χ3v) is 6.13. The molecule has 0 radical (unpaired) electrons. The standard InChI is InChI=1S/C21H36BNO5/c1-16(15-21(25)12-9-8-10-13-21)17(11-14-26-18(24)23(6)7)22-27-19(2,3)20(4,5)28-22/h11,14-15,17,25H,8-10,12-13H2,1-7H3/b14-11+,16-15+. The fourth-order valence-electron chi connectivity index (χ4n) is 3.61. The predicted molar refractivity (Wildman–Crippen MR) is 111 cm³/mol. The topological polar surface area (TPSA) is 68.2 Å². The van der Waals surface area contributed by atoms with E-state index in [1.807, 2.05) is 40.7 Å². The van der Waals surface area contributed by atoms with Crippen molar-refractivity contribution < 1.29 is 23.9 Å². The van der Waals surface area contributed by atoms with E-state index in [1.54, 1.807) is 20.2 Å². The molecule has 28 heavy (non-hydrogen) atoms. The van der Waals surface area contributed by atoms with Gasteiger partial charge in [0.25, 0.3) is 0 Å². The van der Waals surface area contributed by atoms with Gasteiger partial charge in [0.05, 0.1) is 23.1 Å². The highest BCUT2D eigenvalue weighted by molar-refractivity contribution is 6.49. The molecule has 0 bridgehead atoms. The third kappa shape index (κ3) is 5.39. The fraction of sp³-hybridized carbons (Fsp3) is 0.762. The molecule has 1 atom stereocenters. The summed E-state index contributed by atoms with van der Waals surface area (Å²) in [5.41, 5.74) is -0.781. The second kappa shape index (κ2) is 8.60. The molecule has 2 aliphatic rings. The van der Waals surface area contributed by atoms with Crippen molar-refractivity contribution in [1.29, 1.82) is 0 Å². The molecule has 0 aromatic heterocycles. The Labute approximate surface area is 170 Å². The van der Waals surface area contributed by atoms with Crippen LogP contribution in [0.3, 0.4) is 0 Å². The number of allylic oxidation sites excluding steroid dienone is 2. The highest BCUT2D eigenvalue weighted by Crippen LogP contribution is 2.43. The SMILES string of the molecule is C/C(=C\C1(O)CCCCC1)C(/C=C/OC(=O)N(C)C)B1OC(C)(C)C(C)(C)O1. The van der Waals surface area contributed by atoms with Crippen LogP contribution in [0.1, 0.15) is 66.7 Å². The molecule has 1 heterocycles. The Kier molecular flexibility index (Phi) is 7.05. The monoisotopic (exact) mass is 393 g/mol. The molecular formula is C21H36BNO5. The van der Waals surface area contributed by atoms with Gasteiger partial charge >= 0.3 is 13.2 Å². The fourth-order valence-corrected chi connectivity index (χ4v) is 3.61. The Morgan fingerprint density at radius 1 is 1.11 bits per heavy atom. The average molecular weight is 393 g/mol. The number of ether oxygens (including phenoxy) is 1. The number of carbonyl (C=O) groups is 1. The normalized spacial score (nSPS) is 25.0. The summed E-state index contributed by atoms with van der Waals surface area (Å²) >= 11 is 0. The molecule has 1 saturated heterocycles. The lowest BCUT2D eigenvalue weighted by Gasteiger charge is -2.32. The van der Waals surface area contributed by atoms with Gasteiger partial charge in [0, 0.05) is 19.9 Å². The predicted octanol–water partition coefficient (Wildman–Crippen LogP) is 4.30. The van der Waals surface area contributed by atoms with Gasteiger partial charge in [-0.25, -0.2) is 4.79 Å². The summed E-state index contributed by atoms with van der Waals surface area (Å²) in [5.74, 6) is -0.276. The Bertz CT molecular complexity index is 604. The molecule has 1 amide bonds. The molecule has 6 nitrogen and oxygen atoms in total. The minimum atomic E-state index is -0.793. The van der Waals surface area contributed by atoms with Crippen LogP contribution in [0, 0.1) is 0 Å². The molecule has 1 aliphatic carbocycles. The zero-order chi connectivity index (χ0) is 21.2. The van der Waals surface area contributed by atoms with Crippen molar-refractivity contribution in [1.82, 2.24) is 4.90 Å². The summed E-state index contributed by atoms with van der Waals surface area (Å²) in [7, 11) is 2.74. The van der Waals surface area contributed by atoms with E-state index in [-0.39, 0.29) is 5.82 Å². The van der Waals surface area contributed by atoms with Gasteiger partial charge in [0.2, 0.25) is 0 Å². The number of nitrogens with zero attached hydrogens (tertiary/aromatic N) is 1. The van der Waals surface area contributed by atoms with Crippen molar-refractivity contribution in [2.24, 2.45) is 0 Å². The second-order valence-corrected chi connectivity index (χ2v) is 9.31. The molecule has 1 unspecified atom stereocenters. The summed E-state index contributed by atoms with van der Waals surface area (Å²) in [5, 5.41) is 11.0. The quantitative estimate of drug-likeness (QED) is 0.429. The van der Waals surface area contributed by atoms with Gasteiger partial charge in [0.15, 0.2) is 0 Å². The first kappa shape index (κ1) is 23.0. The van der Waals surface area contributed by atoms with Crippen molar-refractivity contribution in [2.45, 2.75) is 89.3 Å². The van der Waals surface area contributed by atoms with Gasteiger partial charge < -0.3 is 24.1 Å². The van der Waals surface area contributed by atoms with Crippen LogP contribution in [0.4, 0.5) is 4.79 Å². The molecule has 7 heteroatoms. The van der Waals surface area contributed by atoms with Crippen molar-refractivity contribution in [3.8, 4) is 0 Å². The number of amides is 1. The van der Waals surface area contributed by atoms with E-state index < -0.39 is 30.0 Å². The van der Waals surface area contributed by atoms with Gasteiger partial charge in [0.1, 0.15) is 0 Å². The average Bonchev–Trinajstić information content (AvgIpc) is 2.78. The minimum absolute atomic E-state index is 0.276. The molecule has 0 aromatic carbocycles. The summed E-state index contributed by atoms with van der Waals surface area (Å²) in [6, 6.07) is 0. The van der Waals surface area contributed by atoms with Gasteiger partial charge in [-0.3, -0.25) is 0 Å². The summed E-state index contributed by atoms with van der Waals surface area (Å²) in [4.78, 5) is 13.1. The van der Waals surface area contributed by atoms with E-state index in [2.05, 4.69) is 0 Å². The lowest BCUT2D eigenvalue weighted by atomic mass is 9.66. The van der Waals surface area contributed by atoms with Crippen LogP contribution < -0.4 is 0 Å². The van der Waals surface area contributed by atoms with E-state index in [4.69, 9.17) is 14.0 Å². The Morgan fingerprint density at radius 2 is 1.64 bits per heavy atom. The second-order valence-electron chi connectivity index (χ2n) is 9.31. The summed E-state index contributed by atoms with van der Waals surface area (Å²) < 4.78 is 17.6. The number of hydrogen-bond acceptors (Lipinski definition) is 5. The molecular weight excluding hydrogens is 357 g/mol.